The minimum absolute atomic E-state index is 0.160. The van der Waals surface area contributed by atoms with Crippen LogP contribution in [0.25, 0.3) is 0 Å². The van der Waals surface area contributed by atoms with Crippen LogP contribution in [0.15, 0.2) is 12.3 Å². The highest BCUT2D eigenvalue weighted by Gasteiger charge is 2.31. The molecule has 6 nitrogen and oxygen atoms in total. The first-order valence-electron chi connectivity index (χ1n) is 6.79. The van der Waals surface area contributed by atoms with Crippen LogP contribution in [-0.2, 0) is 16.1 Å². The molecular weight excluding hydrogens is 256 g/mol. The van der Waals surface area contributed by atoms with E-state index in [4.69, 9.17) is 0 Å². The van der Waals surface area contributed by atoms with Crippen LogP contribution < -0.4 is 15.5 Å². The summed E-state index contributed by atoms with van der Waals surface area (Å²) in [6.07, 6.45) is 1.79. The highest BCUT2D eigenvalue weighted by Crippen LogP contribution is 2.21. The van der Waals surface area contributed by atoms with Gasteiger partial charge in [-0.25, -0.2) is 4.98 Å². The maximum atomic E-state index is 11.7. The van der Waals surface area contributed by atoms with E-state index in [0.717, 1.165) is 24.2 Å². The first kappa shape index (κ1) is 14.5. The van der Waals surface area contributed by atoms with E-state index in [1.807, 2.05) is 19.9 Å². The highest BCUT2D eigenvalue weighted by atomic mass is 16.2. The van der Waals surface area contributed by atoms with Crippen LogP contribution in [0.4, 0.5) is 5.82 Å². The molecule has 2 N–H and O–H groups in total. The molecule has 2 heterocycles. The SMILES string of the molecule is CCNCc1cnc(N2CC(=O)NC(=O)C2C)c(C)c1. The molecule has 1 aliphatic rings. The molecule has 6 heteroatoms. The van der Waals surface area contributed by atoms with E-state index in [0.29, 0.717) is 5.82 Å². The minimum Gasteiger partial charge on any atom is -0.335 e. The van der Waals surface area contributed by atoms with Gasteiger partial charge in [0.15, 0.2) is 0 Å². The first-order valence-corrected chi connectivity index (χ1v) is 6.79. The fourth-order valence-electron chi connectivity index (χ4n) is 2.27. The van der Waals surface area contributed by atoms with E-state index in [1.165, 1.54) is 0 Å². The molecule has 1 aromatic heterocycles. The summed E-state index contributed by atoms with van der Waals surface area (Å²) in [6, 6.07) is 1.65. The Morgan fingerprint density at radius 2 is 2.25 bits per heavy atom. The van der Waals surface area contributed by atoms with Crippen LogP contribution in [0.2, 0.25) is 0 Å². The fraction of sp³-hybridized carbons (Fsp3) is 0.500. The van der Waals surface area contributed by atoms with Crippen molar-refractivity contribution in [2.75, 3.05) is 18.0 Å². The van der Waals surface area contributed by atoms with Crippen LogP contribution in [0, 0.1) is 6.92 Å². The molecule has 0 radical (unpaired) electrons. The fourth-order valence-corrected chi connectivity index (χ4v) is 2.27. The number of aromatic nitrogens is 1. The summed E-state index contributed by atoms with van der Waals surface area (Å²) >= 11 is 0. The van der Waals surface area contributed by atoms with E-state index in [9.17, 15) is 9.59 Å². The molecule has 0 aliphatic carbocycles. The number of nitrogens with one attached hydrogen (secondary N) is 2. The molecule has 0 saturated carbocycles. The lowest BCUT2D eigenvalue weighted by atomic mass is 10.1. The summed E-state index contributed by atoms with van der Waals surface area (Å²) in [4.78, 5) is 29.4. The number of nitrogens with zero attached hydrogens (tertiary/aromatic N) is 2. The van der Waals surface area contributed by atoms with Gasteiger partial charge in [-0.2, -0.15) is 0 Å². The Kier molecular flexibility index (Phi) is 4.34. The predicted molar refractivity (Wildman–Crippen MR) is 76.3 cm³/mol. The second-order valence-corrected chi connectivity index (χ2v) is 4.98. The maximum absolute atomic E-state index is 11.7. The number of anilines is 1. The Balaban J connectivity index is 2.23. The normalized spacial score (nSPS) is 19.1. The topological polar surface area (TPSA) is 74.3 Å². The van der Waals surface area contributed by atoms with Crippen molar-refractivity contribution in [3.63, 3.8) is 0 Å². The number of hydrogen-bond acceptors (Lipinski definition) is 5. The third-order valence-corrected chi connectivity index (χ3v) is 3.38. The standard InChI is InChI=1S/C14H20N4O2/c1-4-15-6-11-5-9(2)13(16-7-11)18-8-12(19)17-14(20)10(18)3/h5,7,10,15H,4,6,8H2,1-3H3,(H,17,19,20). The molecule has 1 fully saturated rings. The van der Waals surface area contributed by atoms with Crippen molar-refractivity contribution in [3.8, 4) is 0 Å². The third kappa shape index (κ3) is 2.96. The van der Waals surface area contributed by atoms with E-state index in [2.05, 4.69) is 15.6 Å². The van der Waals surface area contributed by atoms with E-state index in [-0.39, 0.29) is 18.4 Å². The molecule has 1 aromatic rings. The number of hydrogen-bond donors (Lipinski definition) is 2. The molecule has 0 bridgehead atoms. The van der Waals surface area contributed by atoms with Crippen LogP contribution in [-0.4, -0.2) is 35.9 Å². The van der Waals surface area contributed by atoms with Gasteiger partial charge < -0.3 is 10.2 Å². The Morgan fingerprint density at radius 3 is 2.90 bits per heavy atom. The van der Waals surface area contributed by atoms with Crippen molar-refractivity contribution < 1.29 is 9.59 Å². The van der Waals surface area contributed by atoms with Gasteiger partial charge in [0.05, 0.1) is 6.54 Å². The van der Waals surface area contributed by atoms with E-state index < -0.39 is 6.04 Å². The number of carbonyl (C=O) groups is 2. The van der Waals surface area contributed by atoms with Crippen molar-refractivity contribution in [3.05, 3.63) is 23.4 Å². The van der Waals surface area contributed by atoms with Crippen LogP contribution in [0.5, 0.6) is 0 Å². The molecule has 1 saturated heterocycles. The quantitative estimate of drug-likeness (QED) is 0.776. The summed E-state index contributed by atoms with van der Waals surface area (Å²) in [6.45, 7) is 7.59. The average Bonchev–Trinajstić information content (AvgIpc) is 2.41. The molecule has 108 valence electrons. The van der Waals surface area contributed by atoms with Gasteiger partial charge >= 0.3 is 0 Å². The Bertz CT molecular complexity index is 530. The van der Waals surface area contributed by atoms with E-state index >= 15 is 0 Å². The van der Waals surface area contributed by atoms with Crippen molar-refractivity contribution >= 4 is 17.6 Å². The third-order valence-electron chi connectivity index (χ3n) is 3.38. The predicted octanol–water partition coefficient (Wildman–Crippen LogP) is 0.351. The molecule has 20 heavy (non-hydrogen) atoms. The highest BCUT2D eigenvalue weighted by molar-refractivity contribution is 6.04. The number of carbonyl (C=O) groups excluding carboxylic acids is 2. The lowest BCUT2D eigenvalue weighted by Gasteiger charge is -2.33. The zero-order valence-electron chi connectivity index (χ0n) is 12.1. The van der Waals surface area contributed by atoms with Crippen LogP contribution in [0.1, 0.15) is 25.0 Å². The summed E-state index contributed by atoms with van der Waals surface area (Å²) in [5, 5.41) is 5.57. The Labute approximate surface area is 118 Å². The second kappa shape index (κ2) is 6.00. The van der Waals surface area contributed by atoms with Crippen molar-refractivity contribution in [2.24, 2.45) is 0 Å². The van der Waals surface area contributed by atoms with Crippen molar-refractivity contribution in [1.82, 2.24) is 15.6 Å². The molecule has 1 atom stereocenters. The maximum Gasteiger partial charge on any atom is 0.249 e. The van der Waals surface area contributed by atoms with Crippen LogP contribution in [0.3, 0.4) is 0 Å². The first-order chi connectivity index (χ1) is 9.52. The molecule has 1 unspecified atom stereocenters. The molecule has 0 aromatic carbocycles. The Morgan fingerprint density at radius 1 is 1.50 bits per heavy atom. The molecule has 1 aliphatic heterocycles. The molecular formula is C14H20N4O2. The van der Waals surface area contributed by atoms with Gasteiger partial charge in [-0.3, -0.25) is 14.9 Å². The lowest BCUT2D eigenvalue weighted by molar-refractivity contribution is -0.132. The van der Waals surface area contributed by atoms with Gasteiger partial charge in [-0.1, -0.05) is 6.92 Å². The number of aryl methyl sites for hydroxylation is 1. The number of piperazine rings is 1. The van der Waals surface area contributed by atoms with Gasteiger partial charge in [-0.15, -0.1) is 0 Å². The molecule has 2 amide bonds. The zero-order valence-corrected chi connectivity index (χ0v) is 12.1. The van der Waals surface area contributed by atoms with Gasteiger partial charge in [-0.05, 0) is 37.6 Å². The summed E-state index contributed by atoms with van der Waals surface area (Å²) in [5.74, 6) is 0.131. The van der Waals surface area contributed by atoms with Gasteiger partial charge in [0, 0.05) is 12.7 Å². The number of amides is 2. The number of imide groups is 1. The second-order valence-electron chi connectivity index (χ2n) is 4.98. The average molecular weight is 276 g/mol. The number of pyridine rings is 1. The van der Waals surface area contributed by atoms with Crippen molar-refractivity contribution in [2.45, 2.75) is 33.4 Å². The monoisotopic (exact) mass is 276 g/mol. The minimum atomic E-state index is -0.390. The summed E-state index contributed by atoms with van der Waals surface area (Å²) in [7, 11) is 0. The summed E-state index contributed by atoms with van der Waals surface area (Å²) in [5.41, 5.74) is 2.06. The lowest BCUT2D eigenvalue weighted by Crippen LogP contribution is -2.57. The smallest absolute Gasteiger partial charge is 0.249 e. The van der Waals surface area contributed by atoms with E-state index in [1.54, 1.807) is 18.0 Å². The Hall–Kier alpha value is -1.95. The van der Waals surface area contributed by atoms with Crippen LogP contribution >= 0.6 is 0 Å². The largest absolute Gasteiger partial charge is 0.335 e. The van der Waals surface area contributed by atoms with Gasteiger partial charge in [0.25, 0.3) is 0 Å². The summed E-state index contributed by atoms with van der Waals surface area (Å²) < 4.78 is 0. The molecule has 2 rings (SSSR count). The zero-order chi connectivity index (χ0) is 14.7. The molecule has 0 spiro atoms. The van der Waals surface area contributed by atoms with Gasteiger partial charge in [0.1, 0.15) is 11.9 Å². The number of rotatable bonds is 4. The van der Waals surface area contributed by atoms with Crippen molar-refractivity contribution in [1.29, 1.82) is 0 Å². The van der Waals surface area contributed by atoms with Gasteiger partial charge in [0.2, 0.25) is 11.8 Å².